The Hall–Kier alpha value is -5.45. The second kappa shape index (κ2) is 16.0. The number of rotatable bonds is 8. The summed E-state index contributed by atoms with van der Waals surface area (Å²) in [6.07, 6.45) is 4.02. The van der Waals surface area contributed by atoms with Gasteiger partial charge in [-0.3, -0.25) is 39.1 Å². The predicted octanol–water partition coefficient (Wildman–Crippen LogP) is 5.01. The van der Waals surface area contributed by atoms with Crippen molar-refractivity contribution < 1.29 is 28.7 Å². The summed E-state index contributed by atoms with van der Waals surface area (Å²) < 4.78 is 6.14. The molecule has 5 aliphatic heterocycles. The summed E-state index contributed by atoms with van der Waals surface area (Å²) in [4.78, 5) is 77.3. The van der Waals surface area contributed by atoms with E-state index in [9.17, 15) is 24.0 Å². The molecule has 13 nitrogen and oxygen atoms in total. The van der Waals surface area contributed by atoms with Gasteiger partial charge in [0, 0.05) is 95.1 Å². The van der Waals surface area contributed by atoms with Crippen LogP contribution in [0.3, 0.4) is 0 Å². The van der Waals surface area contributed by atoms with E-state index in [0.29, 0.717) is 52.2 Å². The molecule has 1 N–H and O–H groups in total. The Morgan fingerprint density at radius 2 is 1.43 bits per heavy atom. The zero-order valence-electron chi connectivity index (χ0n) is 31.1. The van der Waals surface area contributed by atoms with Gasteiger partial charge in [0.25, 0.3) is 17.7 Å². The largest absolute Gasteiger partial charge is 0.490 e. The van der Waals surface area contributed by atoms with Gasteiger partial charge < -0.3 is 19.4 Å². The molecule has 5 aliphatic rings. The minimum atomic E-state index is -0.974. The second-order valence-corrected chi connectivity index (χ2v) is 15.7. The molecule has 0 spiro atoms. The zero-order valence-corrected chi connectivity index (χ0v) is 31.9. The van der Waals surface area contributed by atoms with Crippen molar-refractivity contribution in [1.82, 2.24) is 20.0 Å². The van der Waals surface area contributed by atoms with Crippen molar-refractivity contribution in [2.75, 3.05) is 68.7 Å². The number of hydrogen-bond donors (Lipinski definition) is 1. The van der Waals surface area contributed by atoms with Crippen molar-refractivity contribution in [1.29, 1.82) is 0 Å². The van der Waals surface area contributed by atoms with E-state index in [1.807, 2.05) is 35.2 Å². The number of carbonyl (C=O) groups excluding carboxylic acids is 5. The lowest BCUT2D eigenvalue weighted by atomic mass is 9.95. The number of piperidine rings is 3. The van der Waals surface area contributed by atoms with E-state index in [0.717, 1.165) is 87.8 Å². The molecule has 1 atom stereocenters. The third kappa shape index (κ3) is 7.68. The lowest BCUT2D eigenvalue weighted by Gasteiger charge is -2.39. The molecule has 5 amide bonds. The van der Waals surface area contributed by atoms with Gasteiger partial charge in [-0.15, -0.1) is 0 Å². The number of anilines is 2. The van der Waals surface area contributed by atoms with E-state index in [1.54, 1.807) is 30.3 Å². The van der Waals surface area contributed by atoms with Crippen LogP contribution in [0.1, 0.15) is 69.6 Å². The van der Waals surface area contributed by atoms with Gasteiger partial charge in [-0.2, -0.15) is 0 Å². The summed E-state index contributed by atoms with van der Waals surface area (Å²) >= 11 is 6.18. The number of nitrogens with zero attached hydrogens (tertiary/aromatic N) is 6. The molecule has 0 radical (unpaired) electrons. The highest BCUT2D eigenvalue weighted by atomic mass is 35.5. The highest BCUT2D eigenvalue weighted by molar-refractivity contribution is 6.33. The van der Waals surface area contributed by atoms with Crippen LogP contribution in [-0.4, -0.2) is 115 Å². The average molecular weight is 778 g/mol. The summed E-state index contributed by atoms with van der Waals surface area (Å²) in [5.74, 6) is -0.713. The summed E-state index contributed by atoms with van der Waals surface area (Å²) in [6, 6.07) is 17.5. The van der Waals surface area contributed by atoms with E-state index < -0.39 is 29.7 Å². The number of amides is 5. The topological polar surface area (TPSA) is 127 Å². The molecule has 3 aromatic rings. The summed E-state index contributed by atoms with van der Waals surface area (Å²) in [5, 5.41) is 2.64. The minimum Gasteiger partial charge on any atom is -0.490 e. The van der Waals surface area contributed by atoms with E-state index in [-0.39, 0.29) is 24.9 Å². The van der Waals surface area contributed by atoms with Gasteiger partial charge in [-0.05, 0) is 79.8 Å². The molecule has 0 bridgehead atoms. The molecule has 4 saturated heterocycles. The normalized spacial score (nSPS) is 21.2. The Balaban J connectivity index is 0.767. The number of halogens is 1. The van der Waals surface area contributed by atoms with Crippen LogP contribution in [0.25, 0.3) is 4.85 Å². The van der Waals surface area contributed by atoms with E-state index >= 15 is 0 Å². The number of piperazine rings is 1. The molecular weight excluding hydrogens is 734 g/mol. The van der Waals surface area contributed by atoms with Crippen LogP contribution < -0.4 is 19.9 Å². The molecule has 0 aliphatic carbocycles. The van der Waals surface area contributed by atoms with Gasteiger partial charge in [-0.25, -0.2) is 4.85 Å². The van der Waals surface area contributed by atoms with Crippen LogP contribution in [-0.2, 0) is 9.59 Å². The summed E-state index contributed by atoms with van der Waals surface area (Å²) in [7, 11) is 0. The van der Waals surface area contributed by atoms with Crippen molar-refractivity contribution in [2.24, 2.45) is 5.92 Å². The lowest BCUT2D eigenvalue weighted by Crippen LogP contribution is -2.54. The first kappa shape index (κ1) is 37.5. The number of imide groups is 2. The van der Waals surface area contributed by atoms with Crippen LogP contribution in [0, 0.1) is 12.5 Å². The standard InChI is InChI=1S/C42H44ClN7O6/c1-44-36-9-7-32(25-35(36)43)56-31-14-18-47(19-15-31)29-4-2-28(3-5-29)40(53)49-22-20-46(21-23-49)26-27-12-16-48(17-13-27)30-6-8-33-34(24-30)42(55)50(41(33)54)37-10-11-38(51)45-39(37)52/h2-9,24-25,27,31,37H,10-23,26H2,(H,45,51,52). The Bertz CT molecular complexity index is 2080. The monoisotopic (exact) mass is 777 g/mol. The fraction of sp³-hybridized carbons (Fsp3) is 0.429. The maximum absolute atomic E-state index is 13.4. The molecular formula is C42H44ClN7O6. The van der Waals surface area contributed by atoms with Gasteiger partial charge in [0.15, 0.2) is 0 Å². The number of hydrogen-bond acceptors (Lipinski definition) is 9. The molecule has 0 saturated carbocycles. The molecule has 5 heterocycles. The molecule has 4 fully saturated rings. The smallest absolute Gasteiger partial charge is 0.262 e. The molecule has 14 heteroatoms. The highest BCUT2D eigenvalue weighted by Crippen LogP contribution is 2.34. The molecule has 0 aromatic heterocycles. The SMILES string of the molecule is [C-]#[N+]c1ccc(OC2CCN(c3ccc(C(=O)N4CCN(CC5CCN(c6ccc7c(c6)C(=O)N(C6CCC(=O)NC6=O)C7=O)CC5)CC4)cc3)CC2)cc1Cl. The van der Waals surface area contributed by atoms with Crippen molar-refractivity contribution in [2.45, 2.75) is 50.7 Å². The molecule has 1 unspecified atom stereocenters. The highest BCUT2D eigenvalue weighted by Gasteiger charge is 2.45. The molecule has 8 rings (SSSR count). The lowest BCUT2D eigenvalue weighted by molar-refractivity contribution is -0.136. The molecule has 290 valence electrons. The van der Waals surface area contributed by atoms with Crippen molar-refractivity contribution >= 4 is 58.2 Å². The maximum Gasteiger partial charge on any atom is 0.262 e. The van der Waals surface area contributed by atoms with Crippen molar-refractivity contribution in [3.8, 4) is 5.75 Å². The quantitative estimate of drug-likeness (QED) is 0.248. The average Bonchev–Trinajstić information content (AvgIpc) is 3.46. The van der Waals surface area contributed by atoms with Gasteiger partial charge in [0.1, 0.15) is 17.9 Å². The third-order valence-corrected chi connectivity index (χ3v) is 12.1. The van der Waals surface area contributed by atoms with Gasteiger partial charge in [0.05, 0.1) is 22.7 Å². The zero-order chi connectivity index (χ0) is 38.9. The Labute approximate surface area is 330 Å². The Morgan fingerprint density at radius 1 is 0.768 bits per heavy atom. The van der Waals surface area contributed by atoms with Crippen molar-refractivity contribution in [3.63, 3.8) is 0 Å². The fourth-order valence-electron chi connectivity index (χ4n) is 8.60. The summed E-state index contributed by atoms with van der Waals surface area (Å²) in [5.41, 5.74) is 3.70. The first-order valence-corrected chi connectivity index (χ1v) is 19.8. The first-order valence-electron chi connectivity index (χ1n) is 19.5. The number of carbonyl (C=O) groups is 5. The van der Waals surface area contributed by atoms with E-state index in [2.05, 4.69) is 24.9 Å². The third-order valence-electron chi connectivity index (χ3n) is 11.8. The number of nitrogens with one attached hydrogen (secondary N) is 1. The first-order chi connectivity index (χ1) is 27.1. The number of fused-ring (bicyclic) bond motifs is 1. The van der Waals surface area contributed by atoms with Crippen LogP contribution in [0.15, 0.2) is 60.7 Å². The minimum absolute atomic E-state index is 0.0641. The number of benzene rings is 3. The van der Waals surface area contributed by atoms with Crippen LogP contribution in [0.4, 0.5) is 17.1 Å². The van der Waals surface area contributed by atoms with Gasteiger partial charge in [0.2, 0.25) is 17.5 Å². The van der Waals surface area contributed by atoms with E-state index in [1.165, 1.54) is 0 Å². The second-order valence-electron chi connectivity index (χ2n) is 15.3. The van der Waals surface area contributed by atoms with Crippen molar-refractivity contribution in [3.05, 3.63) is 93.8 Å². The predicted molar refractivity (Wildman–Crippen MR) is 210 cm³/mol. The van der Waals surface area contributed by atoms with Crippen LogP contribution in [0.2, 0.25) is 5.02 Å². The van der Waals surface area contributed by atoms with Gasteiger partial charge in [-0.1, -0.05) is 17.7 Å². The summed E-state index contributed by atoms with van der Waals surface area (Å²) in [6.45, 7) is 14.5. The molecule has 56 heavy (non-hydrogen) atoms. The Morgan fingerprint density at radius 3 is 2.11 bits per heavy atom. The maximum atomic E-state index is 13.4. The van der Waals surface area contributed by atoms with Gasteiger partial charge >= 0.3 is 0 Å². The fourth-order valence-corrected chi connectivity index (χ4v) is 8.81. The number of ether oxygens (including phenoxy) is 1. The Kier molecular flexibility index (Phi) is 10.7. The molecule has 3 aromatic carbocycles. The van der Waals surface area contributed by atoms with E-state index in [4.69, 9.17) is 22.9 Å². The van der Waals surface area contributed by atoms with Crippen LogP contribution >= 0.6 is 11.6 Å². The van der Waals surface area contributed by atoms with Crippen LogP contribution in [0.5, 0.6) is 5.75 Å².